The molecule has 5 nitrogen and oxygen atoms in total. The first-order valence-corrected chi connectivity index (χ1v) is 8.26. The van der Waals surface area contributed by atoms with Crippen LogP contribution in [0.25, 0.3) is 0 Å². The first-order chi connectivity index (χ1) is 10.8. The molecule has 2 rings (SSSR count). The van der Waals surface area contributed by atoms with Gasteiger partial charge in [-0.2, -0.15) is 0 Å². The summed E-state index contributed by atoms with van der Waals surface area (Å²) < 4.78 is 11.2. The molecule has 1 amide bonds. The minimum Gasteiger partial charge on any atom is -0.492 e. The summed E-state index contributed by atoms with van der Waals surface area (Å²) in [6, 6.07) is 7.09. The molecular weight excluding hydrogens is 316 g/mol. The number of halogens is 1. The molecular formula is C17H25ClN2O3. The second-order valence-corrected chi connectivity index (χ2v) is 6.84. The van der Waals surface area contributed by atoms with Crippen molar-refractivity contribution in [2.75, 3.05) is 19.8 Å². The summed E-state index contributed by atoms with van der Waals surface area (Å²) in [7, 11) is 0. The number of ether oxygens (including phenoxy) is 2. The van der Waals surface area contributed by atoms with Gasteiger partial charge in [0.1, 0.15) is 17.9 Å². The van der Waals surface area contributed by atoms with Gasteiger partial charge in [0.25, 0.3) is 0 Å². The SMILES string of the molecule is CCOC1CC(N)(C(=O)NCCOc2ccc(Cl)cc2)C1(C)C. The van der Waals surface area contributed by atoms with Gasteiger partial charge in [-0.05, 0) is 31.2 Å². The molecule has 1 aliphatic rings. The van der Waals surface area contributed by atoms with Crippen molar-refractivity contribution in [2.45, 2.75) is 38.8 Å². The number of nitrogens with one attached hydrogen (secondary N) is 1. The van der Waals surface area contributed by atoms with Crippen LogP contribution >= 0.6 is 11.6 Å². The van der Waals surface area contributed by atoms with Crippen LogP contribution < -0.4 is 15.8 Å². The average Bonchev–Trinajstić information content (AvgIpc) is 2.52. The lowest BCUT2D eigenvalue weighted by Crippen LogP contribution is -2.75. The molecule has 1 saturated carbocycles. The number of benzene rings is 1. The Morgan fingerprint density at radius 1 is 1.39 bits per heavy atom. The standard InChI is InChI=1S/C17H25ClN2O3/c1-4-22-14-11-17(19,16(14,2)3)15(21)20-9-10-23-13-7-5-12(18)6-8-13/h5-8,14H,4,9-11,19H2,1-3H3,(H,20,21). The first-order valence-electron chi connectivity index (χ1n) is 7.88. The van der Waals surface area contributed by atoms with Gasteiger partial charge >= 0.3 is 0 Å². The van der Waals surface area contributed by atoms with Gasteiger partial charge in [0, 0.05) is 23.5 Å². The van der Waals surface area contributed by atoms with Crippen LogP contribution in [-0.4, -0.2) is 37.3 Å². The smallest absolute Gasteiger partial charge is 0.240 e. The zero-order valence-electron chi connectivity index (χ0n) is 13.9. The Labute approximate surface area is 142 Å². The number of carbonyl (C=O) groups is 1. The van der Waals surface area contributed by atoms with E-state index in [4.69, 9.17) is 26.8 Å². The van der Waals surface area contributed by atoms with Gasteiger partial charge in [-0.15, -0.1) is 0 Å². The van der Waals surface area contributed by atoms with E-state index in [1.165, 1.54) is 0 Å². The topological polar surface area (TPSA) is 73.6 Å². The van der Waals surface area contributed by atoms with Gasteiger partial charge in [0.05, 0.1) is 12.6 Å². The number of nitrogens with two attached hydrogens (primary N) is 1. The maximum absolute atomic E-state index is 12.4. The molecule has 1 aliphatic carbocycles. The van der Waals surface area contributed by atoms with Crippen molar-refractivity contribution in [2.24, 2.45) is 11.1 Å². The molecule has 128 valence electrons. The van der Waals surface area contributed by atoms with E-state index in [9.17, 15) is 4.79 Å². The summed E-state index contributed by atoms with van der Waals surface area (Å²) in [6.07, 6.45) is 0.561. The highest BCUT2D eigenvalue weighted by Gasteiger charge is 2.62. The molecule has 0 spiro atoms. The third-order valence-corrected chi connectivity index (χ3v) is 4.96. The van der Waals surface area contributed by atoms with Gasteiger partial charge in [-0.1, -0.05) is 25.4 Å². The zero-order valence-corrected chi connectivity index (χ0v) is 14.7. The molecule has 2 unspecified atom stereocenters. The lowest BCUT2D eigenvalue weighted by atomic mass is 9.54. The number of carbonyl (C=O) groups excluding carboxylic acids is 1. The van der Waals surface area contributed by atoms with Crippen molar-refractivity contribution >= 4 is 17.5 Å². The Morgan fingerprint density at radius 3 is 2.61 bits per heavy atom. The molecule has 0 saturated heterocycles. The number of hydrogen-bond donors (Lipinski definition) is 2. The minimum atomic E-state index is -0.896. The van der Waals surface area contributed by atoms with Crippen molar-refractivity contribution in [3.05, 3.63) is 29.3 Å². The van der Waals surface area contributed by atoms with Crippen LogP contribution in [0, 0.1) is 5.41 Å². The predicted molar refractivity (Wildman–Crippen MR) is 90.7 cm³/mol. The Hall–Kier alpha value is -1.30. The summed E-state index contributed by atoms with van der Waals surface area (Å²) in [5.74, 6) is 0.560. The average molecular weight is 341 g/mol. The lowest BCUT2D eigenvalue weighted by Gasteiger charge is -2.57. The van der Waals surface area contributed by atoms with E-state index in [-0.39, 0.29) is 17.4 Å². The quantitative estimate of drug-likeness (QED) is 0.747. The summed E-state index contributed by atoms with van der Waals surface area (Å²) in [6.45, 7) is 7.29. The van der Waals surface area contributed by atoms with Crippen LogP contribution in [0.2, 0.25) is 5.02 Å². The van der Waals surface area contributed by atoms with Gasteiger partial charge in [0.2, 0.25) is 5.91 Å². The van der Waals surface area contributed by atoms with Gasteiger partial charge in [-0.3, -0.25) is 4.79 Å². The fourth-order valence-corrected chi connectivity index (χ4v) is 2.97. The van der Waals surface area contributed by atoms with Crippen molar-refractivity contribution in [3.8, 4) is 5.75 Å². The summed E-state index contributed by atoms with van der Waals surface area (Å²) in [4.78, 5) is 12.4. The Bertz CT molecular complexity index is 547. The molecule has 0 aromatic heterocycles. The van der Waals surface area contributed by atoms with Gasteiger partial charge in [-0.25, -0.2) is 0 Å². The number of rotatable bonds is 7. The fraction of sp³-hybridized carbons (Fsp3) is 0.588. The molecule has 0 aliphatic heterocycles. The summed E-state index contributed by atoms with van der Waals surface area (Å²) >= 11 is 5.81. The molecule has 2 atom stereocenters. The van der Waals surface area contributed by atoms with E-state index in [1.807, 2.05) is 20.8 Å². The Morgan fingerprint density at radius 2 is 2.04 bits per heavy atom. The normalized spacial score (nSPS) is 25.5. The van der Waals surface area contributed by atoms with Crippen LogP contribution in [0.15, 0.2) is 24.3 Å². The van der Waals surface area contributed by atoms with E-state index in [0.717, 1.165) is 0 Å². The second-order valence-electron chi connectivity index (χ2n) is 6.40. The van der Waals surface area contributed by atoms with E-state index >= 15 is 0 Å². The molecule has 1 fully saturated rings. The van der Waals surface area contributed by atoms with Crippen molar-refractivity contribution in [1.29, 1.82) is 0 Å². The Kier molecular flexibility index (Phi) is 5.55. The maximum Gasteiger partial charge on any atom is 0.240 e. The van der Waals surface area contributed by atoms with Gasteiger partial charge in [0.15, 0.2) is 0 Å². The lowest BCUT2D eigenvalue weighted by molar-refractivity contribution is -0.170. The van der Waals surface area contributed by atoms with E-state index in [1.54, 1.807) is 24.3 Å². The molecule has 0 radical (unpaired) electrons. The largest absolute Gasteiger partial charge is 0.492 e. The zero-order chi connectivity index (χ0) is 17.1. The highest BCUT2D eigenvalue weighted by Crippen LogP contribution is 2.49. The third-order valence-electron chi connectivity index (χ3n) is 4.71. The molecule has 1 aromatic carbocycles. The number of hydrogen-bond acceptors (Lipinski definition) is 4. The van der Waals surface area contributed by atoms with Crippen LogP contribution in [0.1, 0.15) is 27.2 Å². The molecule has 23 heavy (non-hydrogen) atoms. The van der Waals surface area contributed by atoms with Crippen LogP contribution in [0.3, 0.4) is 0 Å². The highest BCUT2D eigenvalue weighted by atomic mass is 35.5. The molecule has 0 bridgehead atoms. The van der Waals surface area contributed by atoms with Crippen molar-refractivity contribution < 1.29 is 14.3 Å². The van der Waals surface area contributed by atoms with Crippen LogP contribution in [0.4, 0.5) is 0 Å². The monoisotopic (exact) mass is 340 g/mol. The van der Waals surface area contributed by atoms with Crippen LogP contribution in [0.5, 0.6) is 5.75 Å². The van der Waals surface area contributed by atoms with E-state index in [2.05, 4.69) is 5.32 Å². The summed E-state index contributed by atoms with van der Waals surface area (Å²) in [5, 5.41) is 3.51. The minimum absolute atomic E-state index is 0.0218. The second kappa shape index (κ2) is 7.07. The van der Waals surface area contributed by atoms with E-state index < -0.39 is 5.54 Å². The number of amides is 1. The third kappa shape index (κ3) is 3.62. The molecule has 0 heterocycles. The molecule has 6 heteroatoms. The van der Waals surface area contributed by atoms with Gasteiger partial charge < -0.3 is 20.5 Å². The van der Waals surface area contributed by atoms with Crippen molar-refractivity contribution in [3.63, 3.8) is 0 Å². The van der Waals surface area contributed by atoms with Crippen molar-refractivity contribution in [1.82, 2.24) is 5.32 Å². The fourth-order valence-electron chi connectivity index (χ4n) is 2.84. The maximum atomic E-state index is 12.4. The molecule has 1 aromatic rings. The molecule has 3 N–H and O–H groups in total. The highest BCUT2D eigenvalue weighted by molar-refractivity contribution is 6.30. The van der Waals surface area contributed by atoms with Crippen LogP contribution in [-0.2, 0) is 9.53 Å². The Balaban J connectivity index is 1.78. The summed E-state index contributed by atoms with van der Waals surface area (Å²) in [5.41, 5.74) is 5.03. The predicted octanol–water partition coefficient (Wildman–Crippen LogP) is 2.37. The first kappa shape index (κ1) is 18.0. The van der Waals surface area contributed by atoms with E-state index in [0.29, 0.717) is 37.0 Å².